The molecule has 0 radical (unpaired) electrons. The van der Waals surface area contributed by atoms with Crippen molar-refractivity contribution in [2.75, 3.05) is 31.1 Å². The second-order valence-electron chi connectivity index (χ2n) is 8.88. The number of hydrogen-bond acceptors (Lipinski definition) is 4. The van der Waals surface area contributed by atoms with Gasteiger partial charge in [-0.3, -0.25) is 4.79 Å². The minimum Gasteiger partial charge on any atom is -0.348 e. The molecule has 2 aliphatic rings. The van der Waals surface area contributed by atoms with E-state index in [1.807, 2.05) is 0 Å². The van der Waals surface area contributed by atoms with Crippen molar-refractivity contribution in [3.8, 4) is 0 Å². The molecule has 2 atom stereocenters. The minimum absolute atomic E-state index is 0.192. The van der Waals surface area contributed by atoms with Gasteiger partial charge in [0.25, 0.3) is 0 Å². The van der Waals surface area contributed by atoms with Gasteiger partial charge in [0.2, 0.25) is 5.91 Å². The predicted molar refractivity (Wildman–Crippen MR) is 114 cm³/mol. The van der Waals surface area contributed by atoms with Crippen molar-refractivity contribution >= 4 is 32.6 Å². The molecule has 5 heteroatoms. The number of carbonyl (C=O) groups is 1. The number of nitrogens with zero attached hydrogens (tertiary/aromatic N) is 3. The van der Waals surface area contributed by atoms with E-state index in [2.05, 4.69) is 49.6 Å². The van der Waals surface area contributed by atoms with Crippen LogP contribution in [0.1, 0.15) is 44.2 Å². The lowest BCUT2D eigenvalue weighted by Gasteiger charge is -2.39. The number of amides is 1. The first-order chi connectivity index (χ1) is 12.9. The topological polar surface area (TPSA) is 36.4 Å². The molecule has 146 valence electrons. The summed E-state index contributed by atoms with van der Waals surface area (Å²) < 4.78 is 1.27. The molecule has 0 N–H and O–H groups in total. The fourth-order valence-corrected chi connectivity index (χ4v) is 6.11. The highest BCUT2D eigenvalue weighted by Crippen LogP contribution is 2.34. The Labute approximate surface area is 166 Å². The molecular formula is C22H31N3OS. The van der Waals surface area contributed by atoms with E-state index >= 15 is 0 Å². The number of piperidine rings is 2. The summed E-state index contributed by atoms with van der Waals surface area (Å²) in [6.07, 6.45) is 3.15. The Kier molecular flexibility index (Phi) is 5.15. The number of aryl methyl sites for hydroxylation is 2. The number of rotatable bonds is 2. The van der Waals surface area contributed by atoms with Crippen molar-refractivity contribution < 1.29 is 4.79 Å². The van der Waals surface area contributed by atoms with E-state index in [9.17, 15) is 4.79 Å². The minimum atomic E-state index is 0.192. The van der Waals surface area contributed by atoms with Crippen LogP contribution >= 0.6 is 11.3 Å². The molecule has 1 aromatic heterocycles. The van der Waals surface area contributed by atoms with Crippen molar-refractivity contribution in [1.82, 2.24) is 9.88 Å². The molecule has 0 bridgehead atoms. The van der Waals surface area contributed by atoms with Crippen LogP contribution < -0.4 is 4.90 Å². The molecule has 4 nitrogen and oxygen atoms in total. The summed E-state index contributed by atoms with van der Waals surface area (Å²) in [6, 6.07) is 4.44. The zero-order chi connectivity index (χ0) is 19.1. The van der Waals surface area contributed by atoms with Crippen molar-refractivity contribution in [3.05, 3.63) is 23.3 Å². The van der Waals surface area contributed by atoms with E-state index in [-0.39, 0.29) is 5.92 Å². The lowest BCUT2D eigenvalue weighted by molar-refractivity contribution is -0.138. The second kappa shape index (κ2) is 7.42. The highest BCUT2D eigenvalue weighted by atomic mass is 32.1. The average molecular weight is 386 g/mol. The second-order valence-corrected chi connectivity index (χ2v) is 9.88. The maximum absolute atomic E-state index is 13.0. The number of benzene rings is 1. The largest absolute Gasteiger partial charge is 0.348 e. The van der Waals surface area contributed by atoms with Gasteiger partial charge in [-0.1, -0.05) is 31.3 Å². The summed E-state index contributed by atoms with van der Waals surface area (Å²) in [5, 5.41) is 1.12. The fourth-order valence-electron chi connectivity index (χ4n) is 4.91. The maximum Gasteiger partial charge on any atom is 0.225 e. The molecule has 0 aliphatic carbocycles. The molecular weight excluding hydrogens is 354 g/mol. The third kappa shape index (κ3) is 3.84. The van der Waals surface area contributed by atoms with Crippen molar-refractivity contribution in [1.29, 1.82) is 0 Å². The Bertz CT molecular complexity index is 827. The van der Waals surface area contributed by atoms with Gasteiger partial charge in [-0.2, -0.15) is 0 Å². The summed E-state index contributed by atoms with van der Waals surface area (Å²) in [7, 11) is 0. The molecule has 2 aromatic rings. The molecule has 0 saturated carbocycles. The van der Waals surface area contributed by atoms with Crippen LogP contribution in [0.5, 0.6) is 0 Å². The molecule has 1 amide bonds. The number of hydrogen-bond donors (Lipinski definition) is 0. The van der Waals surface area contributed by atoms with Gasteiger partial charge in [0, 0.05) is 32.1 Å². The number of anilines is 1. The molecule has 1 aromatic carbocycles. The summed E-state index contributed by atoms with van der Waals surface area (Å²) in [5.74, 6) is 1.85. The average Bonchev–Trinajstić information content (AvgIpc) is 3.05. The van der Waals surface area contributed by atoms with Gasteiger partial charge < -0.3 is 9.80 Å². The molecule has 27 heavy (non-hydrogen) atoms. The Hall–Kier alpha value is -1.62. The molecule has 3 heterocycles. The van der Waals surface area contributed by atoms with Crippen molar-refractivity contribution in [2.45, 2.75) is 47.0 Å². The quantitative estimate of drug-likeness (QED) is 0.756. The van der Waals surface area contributed by atoms with Gasteiger partial charge in [0.1, 0.15) is 0 Å². The van der Waals surface area contributed by atoms with Crippen LogP contribution in [-0.2, 0) is 4.79 Å². The molecule has 2 aliphatic heterocycles. The maximum atomic E-state index is 13.0. The van der Waals surface area contributed by atoms with Gasteiger partial charge in [-0.25, -0.2) is 4.98 Å². The van der Waals surface area contributed by atoms with Gasteiger partial charge in [0.05, 0.1) is 10.2 Å². The fraction of sp³-hybridized carbons (Fsp3) is 0.636. The van der Waals surface area contributed by atoms with Crippen molar-refractivity contribution in [2.24, 2.45) is 17.8 Å². The van der Waals surface area contributed by atoms with Crippen molar-refractivity contribution in [3.63, 3.8) is 0 Å². The number of carbonyl (C=O) groups excluding carboxylic acids is 1. The number of fused-ring (bicyclic) bond motifs is 1. The van der Waals surface area contributed by atoms with E-state index in [4.69, 9.17) is 4.98 Å². The predicted octanol–water partition coefficient (Wildman–Crippen LogP) is 4.63. The van der Waals surface area contributed by atoms with Gasteiger partial charge in [-0.05, 0) is 62.1 Å². The third-order valence-corrected chi connectivity index (χ3v) is 7.18. The van der Waals surface area contributed by atoms with E-state index in [1.165, 1.54) is 22.2 Å². The first-order valence-electron chi connectivity index (χ1n) is 10.3. The summed E-state index contributed by atoms with van der Waals surface area (Å²) in [5.41, 5.74) is 3.69. The number of aromatic nitrogens is 1. The summed E-state index contributed by atoms with van der Waals surface area (Å²) in [4.78, 5) is 22.4. The Morgan fingerprint density at radius 3 is 2.44 bits per heavy atom. The monoisotopic (exact) mass is 385 g/mol. The van der Waals surface area contributed by atoms with Gasteiger partial charge >= 0.3 is 0 Å². The van der Waals surface area contributed by atoms with E-state index in [0.29, 0.717) is 17.7 Å². The Morgan fingerprint density at radius 1 is 1.11 bits per heavy atom. The molecule has 4 rings (SSSR count). The molecule has 2 fully saturated rings. The van der Waals surface area contributed by atoms with E-state index < -0.39 is 0 Å². The van der Waals surface area contributed by atoms with Gasteiger partial charge in [0.15, 0.2) is 5.13 Å². The van der Waals surface area contributed by atoms with Crippen LogP contribution in [-0.4, -0.2) is 42.0 Å². The zero-order valence-corrected chi connectivity index (χ0v) is 17.8. The van der Waals surface area contributed by atoms with Crippen LogP contribution in [0.15, 0.2) is 12.1 Å². The highest BCUT2D eigenvalue weighted by molar-refractivity contribution is 7.22. The first kappa shape index (κ1) is 18.7. The van der Waals surface area contributed by atoms with E-state index in [0.717, 1.165) is 49.7 Å². The summed E-state index contributed by atoms with van der Waals surface area (Å²) >= 11 is 1.79. The summed E-state index contributed by atoms with van der Waals surface area (Å²) in [6.45, 7) is 12.6. The van der Waals surface area contributed by atoms with Gasteiger partial charge in [-0.15, -0.1) is 0 Å². The van der Waals surface area contributed by atoms with E-state index in [1.54, 1.807) is 11.3 Å². The van der Waals surface area contributed by atoms with Crippen LogP contribution in [0, 0.1) is 31.6 Å². The number of thiazole rings is 1. The van der Waals surface area contributed by atoms with Crippen LogP contribution in [0.2, 0.25) is 0 Å². The first-order valence-corrected chi connectivity index (χ1v) is 11.1. The van der Waals surface area contributed by atoms with Crippen LogP contribution in [0.25, 0.3) is 10.2 Å². The lowest BCUT2D eigenvalue weighted by atomic mass is 9.89. The normalized spacial score (nSPS) is 24.6. The smallest absolute Gasteiger partial charge is 0.225 e. The third-order valence-electron chi connectivity index (χ3n) is 6.11. The molecule has 2 unspecified atom stereocenters. The standard InChI is InChI=1S/C22H31N3OS/c1-14-10-17(4)20-19(11-14)27-22(23-20)24-7-5-18(6-8-24)21(26)25-12-15(2)9-16(3)13-25/h10-11,15-16,18H,5-9,12-13H2,1-4H3. The highest BCUT2D eigenvalue weighted by Gasteiger charge is 2.32. The van der Waals surface area contributed by atoms with Crippen LogP contribution in [0.4, 0.5) is 5.13 Å². The Balaban J connectivity index is 1.41. The number of likely N-dealkylation sites (tertiary alicyclic amines) is 1. The molecule has 0 spiro atoms. The SMILES string of the molecule is Cc1cc(C)c2nc(N3CCC(C(=O)N4CC(C)CC(C)C4)CC3)sc2c1. The Morgan fingerprint density at radius 2 is 1.78 bits per heavy atom. The molecule has 2 saturated heterocycles. The zero-order valence-electron chi connectivity index (χ0n) is 17.0. The lowest BCUT2D eigenvalue weighted by Crippen LogP contribution is -2.47. The van der Waals surface area contributed by atoms with Crippen LogP contribution in [0.3, 0.4) is 0 Å².